The average Bonchev–Trinajstić information content (AvgIpc) is 2.61. The van der Waals surface area contributed by atoms with E-state index in [1.165, 1.54) is 12.1 Å². The van der Waals surface area contributed by atoms with Crippen LogP contribution in [0, 0.1) is 0 Å². The summed E-state index contributed by atoms with van der Waals surface area (Å²) in [5.74, 6) is -1.08. The number of benzene rings is 2. The number of para-hydroxylation sites is 1. The number of carbonyl (C=O) groups excluding carboxylic acids is 3. The number of nitrogens with one attached hydrogen (secondary N) is 1. The molecule has 2 aromatic rings. The molecular weight excluding hydrogens is 369 g/mol. The van der Waals surface area contributed by atoms with E-state index in [1.54, 1.807) is 30.3 Å². The highest BCUT2D eigenvalue weighted by atomic mass is 35.5. The third kappa shape index (κ3) is 5.77. The number of anilines is 1. The lowest BCUT2D eigenvalue weighted by molar-refractivity contribution is -0.149. The van der Waals surface area contributed by atoms with Gasteiger partial charge in [-0.1, -0.05) is 35.3 Å². The van der Waals surface area contributed by atoms with Gasteiger partial charge in [0.25, 0.3) is 5.91 Å². The van der Waals surface area contributed by atoms with Crippen molar-refractivity contribution >= 4 is 47.1 Å². The Labute approximate surface area is 153 Å². The Morgan fingerprint density at radius 2 is 1.84 bits per heavy atom. The number of halogens is 2. The monoisotopic (exact) mass is 381 g/mol. The van der Waals surface area contributed by atoms with Gasteiger partial charge in [-0.2, -0.15) is 0 Å². The summed E-state index contributed by atoms with van der Waals surface area (Å²) in [6.07, 6.45) is 0.614. The van der Waals surface area contributed by atoms with Gasteiger partial charge in [-0.15, -0.1) is 0 Å². The molecule has 0 spiro atoms. The molecule has 0 saturated carbocycles. The van der Waals surface area contributed by atoms with Crippen LogP contribution in [0.25, 0.3) is 0 Å². The first kappa shape index (κ1) is 18.8. The third-order valence-corrected chi connectivity index (χ3v) is 3.52. The van der Waals surface area contributed by atoms with Gasteiger partial charge in [0.05, 0.1) is 16.3 Å². The molecule has 0 radical (unpaired) electrons. The molecule has 0 bridgehead atoms. The van der Waals surface area contributed by atoms with E-state index in [1.807, 2.05) is 0 Å². The van der Waals surface area contributed by atoms with E-state index in [4.69, 9.17) is 32.7 Å². The quantitative estimate of drug-likeness (QED) is 0.587. The van der Waals surface area contributed by atoms with Crippen LogP contribution in [-0.4, -0.2) is 31.4 Å². The van der Waals surface area contributed by atoms with E-state index < -0.39 is 25.1 Å². The highest BCUT2D eigenvalue weighted by Crippen LogP contribution is 2.25. The van der Waals surface area contributed by atoms with Crippen molar-refractivity contribution < 1.29 is 23.9 Å². The highest BCUT2D eigenvalue weighted by molar-refractivity contribution is 6.35. The van der Waals surface area contributed by atoms with Gasteiger partial charge >= 0.3 is 5.97 Å². The summed E-state index contributed by atoms with van der Waals surface area (Å²) < 4.78 is 10.0. The normalized spacial score (nSPS) is 10.0. The molecule has 2 aromatic carbocycles. The number of carbonyl (C=O) groups is 3. The fraction of sp³-hybridized carbons (Fsp3) is 0.118. The Bertz CT molecular complexity index is 794. The van der Waals surface area contributed by atoms with Gasteiger partial charge in [0, 0.05) is 5.02 Å². The summed E-state index contributed by atoms with van der Waals surface area (Å²) in [4.78, 5) is 34.3. The molecule has 0 fully saturated rings. The number of amides is 1. The molecule has 6 nitrogen and oxygen atoms in total. The molecule has 1 amide bonds. The lowest BCUT2D eigenvalue weighted by atomic mass is 10.2. The Morgan fingerprint density at radius 1 is 1.08 bits per heavy atom. The summed E-state index contributed by atoms with van der Waals surface area (Å²) in [5.41, 5.74) is 0.620. The molecule has 2 rings (SSSR count). The van der Waals surface area contributed by atoms with Crippen LogP contribution in [0.3, 0.4) is 0 Å². The van der Waals surface area contributed by atoms with Crippen LogP contribution in [0.1, 0.15) is 10.4 Å². The lowest BCUT2D eigenvalue weighted by Crippen LogP contribution is -2.24. The Hall–Kier alpha value is -2.57. The number of aldehydes is 1. The van der Waals surface area contributed by atoms with Crippen LogP contribution in [-0.2, 0) is 14.3 Å². The van der Waals surface area contributed by atoms with Gasteiger partial charge in [-0.05, 0) is 30.3 Å². The van der Waals surface area contributed by atoms with Crippen molar-refractivity contribution in [3.63, 3.8) is 0 Å². The number of esters is 1. The van der Waals surface area contributed by atoms with E-state index in [2.05, 4.69) is 5.32 Å². The van der Waals surface area contributed by atoms with E-state index in [0.29, 0.717) is 27.6 Å². The Morgan fingerprint density at radius 3 is 2.60 bits per heavy atom. The van der Waals surface area contributed by atoms with Crippen LogP contribution in [0.15, 0.2) is 42.5 Å². The zero-order chi connectivity index (χ0) is 18.2. The van der Waals surface area contributed by atoms with Crippen LogP contribution in [0.4, 0.5) is 5.69 Å². The number of ether oxygens (including phenoxy) is 2. The molecule has 0 aliphatic rings. The molecule has 1 N–H and O–H groups in total. The van der Waals surface area contributed by atoms with Crippen molar-refractivity contribution in [2.24, 2.45) is 0 Å². The number of hydrogen-bond donors (Lipinski definition) is 1. The second kappa shape index (κ2) is 9.05. The fourth-order valence-corrected chi connectivity index (χ4v) is 2.15. The molecule has 0 aromatic heterocycles. The lowest BCUT2D eigenvalue weighted by Gasteiger charge is -2.10. The third-order valence-electron chi connectivity index (χ3n) is 2.96. The average molecular weight is 382 g/mol. The zero-order valence-corrected chi connectivity index (χ0v) is 14.3. The molecule has 0 heterocycles. The summed E-state index contributed by atoms with van der Waals surface area (Å²) in [7, 11) is 0. The predicted molar refractivity (Wildman–Crippen MR) is 93.4 cm³/mol. The van der Waals surface area contributed by atoms with Gasteiger partial charge in [-0.25, -0.2) is 4.79 Å². The number of rotatable bonds is 7. The molecule has 0 saturated heterocycles. The summed E-state index contributed by atoms with van der Waals surface area (Å²) in [6.45, 7) is -0.948. The smallest absolute Gasteiger partial charge is 0.344 e. The van der Waals surface area contributed by atoms with Crippen LogP contribution >= 0.6 is 23.2 Å². The summed E-state index contributed by atoms with van der Waals surface area (Å²) >= 11 is 11.7. The van der Waals surface area contributed by atoms with Crippen molar-refractivity contribution in [3.05, 3.63) is 58.1 Å². The molecule has 0 aliphatic heterocycles. The molecule has 25 heavy (non-hydrogen) atoms. The summed E-state index contributed by atoms with van der Waals surface area (Å²) in [5, 5.41) is 3.18. The molecular formula is C17H13Cl2NO5. The van der Waals surface area contributed by atoms with Gasteiger partial charge in [-0.3, -0.25) is 9.59 Å². The van der Waals surface area contributed by atoms with Gasteiger partial charge in [0.2, 0.25) is 0 Å². The molecule has 0 atom stereocenters. The topological polar surface area (TPSA) is 81.7 Å². The largest absolute Gasteiger partial charge is 0.481 e. The minimum absolute atomic E-state index is 0.254. The van der Waals surface area contributed by atoms with Crippen molar-refractivity contribution in [2.45, 2.75) is 0 Å². The van der Waals surface area contributed by atoms with E-state index in [9.17, 15) is 14.4 Å². The fourth-order valence-electron chi connectivity index (χ4n) is 1.81. The van der Waals surface area contributed by atoms with E-state index in [-0.39, 0.29) is 5.75 Å². The first-order chi connectivity index (χ1) is 12.0. The maximum atomic E-state index is 11.8. The number of hydrogen-bond acceptors (Lipinski definition) is 5. The van der Waals surface area contributed by atoms with Gasteiger partial charge in [0.15, 0.2) is 19.5 Å². The van der Waals surface area contributed by atoms with Gasteiger partial charge < -0.3 is 14.8 Å². The molecule has 8 heteroatoms. The second-order valence-corrected chi connectivity index (χ2v) is 5.62. The zero-order valence-electron chi connectivity index (χ0n) is 12.8. The SMILES string of the molecule is O=Cc1ccccc1OCC(=O)OCC(=O)Nc1cc(Cl)ccc1Cl. The van der Waals surface area contributed by atoms with Crippen molar-refractivity contribution in [3.8, 4) is 5.75 Å². The maximum absolute atomic E-state index is 11.8. The molecule has 0 unspecified atom stereocenters. The first-order valence-electron chi connectivity index (χ1n) is 7.07. The van der Waals surface area contributed by atoms with Crippen LogP contribution in [0.5, 0.6) is 5.75 Å². The molecule has 0 aliphatic carbocycles. The molecule has 130 valence electrons. The van der Waals surface area contributed by atoms with E-state index in [0.717, 1.165) is 0 Å². The van der Waals surface area contributed by atoms with Crippen molar-refractivity contribution in [2.75, 3.05) is 18.5 Å². The second-order valence-electron chi connectivity index (χ2n) is 4.78. The van der Waals surface area contributed by atoms with Crippen molar-refractivity contribution in [1.29, 1.82) is 0 Å². The van der Waals surface area contributed by atoms with Crippen LogP contribution < -0.4 is 10.1 Å². The standard InChI is InChI=1S/C17H13Cl2NO5/c18-12-5-6-13(19)14(7-12)20-16(22)9-25-17(23)10-24-15-4-2-1-3-11(15)8-21/h1-8H,9-10H2,(H,20,22). The Kier molecular flexibility index (Phi) is 6.80. The minimum Gasteiger partial charge on any atom is -0.481 e. The minimum atomic E-state index is -0.756. The van der Waals surface area contributed by atoms with E-state index >= 15 is 0 Å². The van der Waals surface area contributed by atoms with Crippen LogP contribution in [0.2, 0.25) is 10.0 Å². The maximum Gasteiger partial charge on any atom is 0.344 e. The van der Waals surface area contributed by atoms with Crippen molar-refractivity contribution in [1.82, 2.24) is 0 Å². The highest BCUT2D eigenvalue weighted by Gasteiger charge is 2.11. The van der Waals surface area contributed by atoms with Gasteiger partial charge in [0.1, 0.15) is 5.75 Å². The first-order valence-corrected chi connectivity index (χ1v) is 7.82. The summed E-state index contributed by atoms with van der Waals surface area (Å²) in [6, 6.07) is 11.0. The predicted octanol–water partition coefficient (Wildman–Crippen LogP) is 3.37. The Balaban J connectivity index is 1.80.